The summed E-state index contributed by atoms with van der Waals surface area (Å²) in [6.45, 7) is 0.702. The molecular weight excluding hydrogens is 309 g/mol. The molecule has 0 unspecified atom stereocenters. The summed E-state index contributed by atoms with van der Waals surface area (Å²) in [5.74, 6) is 0.360. The van der Waals surface area contributed by atoms with Gasteiger partial charge < -0.3 is 15.6 Å². The van der Waals surface area contributed by atoms with Gasteiger partial charge in [-0.15, -0.1) is 0 Å². The maximum absolute atomic E-state index is 13.5. The Morgan fingerprint density at radius 3 is 3.00 bits per heavy atom. The predicted molar refractivity (Wildman–Crippen MR) is 88.8 cm³/mol. The van der Waals surface area contributed by atoms with Crippen molar-refractivity contribution in [1.29, 1.82) is 0 Å². The van der Waals surface area contributed by atoms with Gasteiger partial charge in [-0.1, -0.05) is 12.1 Å². The number of nitrogens with two attached hydrogens (primary N) is 1. The lowest BCUT2D eigenvalue weighted by atomic mass is 10.2. The zero-order valence-corrected chi connectivity index (χ0v) is 12.9. The smallest absolute Gasteiger partial charge is 0.240 e. The zero-order valence-electron chi connectivity index (χ0n) is 12.9. The number of hydrogen-bond acceptors (Lipinski definition) is 4. The SMILES string of the molecule is NC(=O)[C@H]1CCCN1c1nc(-c2cccc(F)c2)nc2[nH]ccc12. The lowest BCUT2D eigenvalue weighted by Crippen LogP contribution is -2.40. The normalized spacial score (nSPS) is 17.5. The number of hydrogen-bond donors (Lipinski definition) is 2. The van der Waals surface area contributed by atoms with E-state index in [1.807, 2.05) is 11.0 Å². The molecule has 1 saturated heterocycles. The van der Waals surface area contributed by atoms with Gasteiger partial charge in [0.1, 0.15) is 23.3 Å². The van der Waals surface area contributed by atoms with Gasteiger partial charge in [0.2, 0.25) is 5.91 Å². The fraction of sp³-hybridized carbons (Fsp3) is 0.235. The number of carbonyl (C=O) groups excluding carboxylic acids is 1. The fourth-order valence-electron chi connectivity index (χ4n) is 3.22. The van der Waals surface area contributed by atoms with E-state index in [9.17, 15) is 9.18 Å². The van der Waals surface area contributed by atoms with Crippen LogP contribution in [-0.4, -0.2) is 33.4 Å². The summed E-state index contributed by atoms with van der Waals surface area (Å²) in [7, 11) is 0. The zero-order chi connectivity index (χ0) is 16.7. The van der Waals surface area contributed by atoms with Gasteiger partial charge in [-0.05, 0) is 31.0 Å². The number of nitrogens with zero attached hydrogens (tertiary/aromatic N) is 3. The molecule has 7 heteroatoms. The minimum absolute atomic E-state index is 0.347. The quantitative estimate of drug-likeness (QED) is 0.773. The van der Waals surface area contributed by atoms with Crippen LogP contribution in [-0.2, 0) is 4.79 Å². The van der Waals surface area contributed by atoms with Crippen LogP contribution in [0.1, 0.15) is 12.8 Å². The molecule has 3 heterocycles. The average Bonchev–Trinajstić information content (AvgIpc) is 3.23. The molecule has 0 spiro atoms. The molecule has 0 radical (unpaired) electrons. The molecule has 0 aliphatic carbocycles. The Kier molecular flexibility index (Phi) is 3.41. The van der Waals surface area contributed by atoms with Crippen molar-refractivity contribution >= 4 is 22.8 Å². The molecule has 2 aromatic heterocycles. The van der Waals surface area contributed by atoms with E-state index >= 15 is 0 Å². The van der Waals surface area contributed by atoms with Crippen molar-refractivity contribution in [1.82, 2.24) is 15.0 Å². The number of halogens is 1. The fourth-order valence-corrected chi connectivity index (χ4v) is 3.22. The van der Waals surface area contributed by atoms with Crippen LogP contribution in [0.15, 0.2) is 36.5 Å². The summed E-state index contributed by atoms with van der Waals surface area (Å²) in [6, 6.07) is 7.64. The van der Waals surface area contributed by atoms with Crippen molar-refractivity contribution in [3.05, 3.63) is 42.3 Å². The Morgan fingerprint density at radius 1 is 1.33 bits per heavy atom. The van der Waals surface area contributed by atoms with Gasteiger partial charge in [-0.3, -0.25) is 4.79 Å². The molecule has 1 fully saturated rings. The van der Waals surface area contributed by atoms with Crippen molar-refractivity contribution < 1.29 is 9.18 Å². The number of aromatic amines is 1. The molecule has 1 amide bonds. The number of nitrogens with one attached hydrogen (secondary N) is 1. The van der Waals surface area contributed by atoms with E-state index in [0.29, 0.717) is 35.8 Å². The van der Waals surface area contributed by atoms with Crippen molar-refractivity contribution in [2.24, 2.45) is 5.73 Å². The van der Waals surface area contributed by atoms with Gasteiger partial charge >= 0.3 is 0 Å². The lowest BCUT2D eigenvalue weighted by molar-refractivity contribution is -0.119. The first-order chi connectivity index (χ1) is 11.6. The van der Waals surface area contributed by atoms with E-state index in [2.05, 4.69) is 15.0 Å². The molecule has 3 N–H and O–H groups in total. The summed E-state index contributed by atoms with van der Waals surface area (Å²) in [6.07, 6.45) is 3.35. The van der Waals surface area contributed by atoms with Crippen molar-refractivity contribution in [3.8, 4) is 11.4 Å². The molecule has 0 bridgehead atoms. The van der Waals surface area contributed by atoms with Crippen LogP contribution in [0.25, 0.3) is 22.4 Å². The van der Waals surface area contributed by atoms with Crippen molar-refractivity contribution in [3.63, 3.8) is 0 Å². The minimum Gasteiger partial charge on any atom is -0.368 e. The number of amides is 1. The van der Waals surface area contributed by atoms with Crippen LogP contribution in [0.3, 0.4) is 0 Å². The van der Waals surface area contributed by atoms with Gasteiger partial charge in [-0.2, -0.15) is 0 Å². The van der Waals surface area contributed by atoms with Gasteiger partial charge in [0.15, 0.2) is 5.82 Å². The van der Waals surface area contributed by atoms with E-state index in [1.165, 1.54) is 12.1 Å². The average molecular weight is 325 g/mol. The first-order valence-corrected chi connectivity index (χ1v) is 7.80. The molecule has 6 nitrogen and oxygen atoms in total. The summed E-state index contributed by atoms with van der Waals surface area (Å²) >= 11 is 0. The molecule has 122 valence electrons. The summed E-state index contributed by atoms with van der Waals surface area (Å²) in [4.78, 5) is 25.8. The highest BCUT2D eigenvalue weighted by atomic mass is 19.1. The van der Waals surface area contributed by atoms with Crippen LogP contribution in [0.4, 0.5) is 10.2 Å². The first kappa shape index (κ1) is 14.6. The molecule has 4 rings (SSSR count). The Bertz CT molecular complexity index is 922. The molecule has 3 aromatic rings. The second kappa shape index (κ2) is 5.59. The van der Waals surface area contributed by atoms with Crippen LogP contribution in [0.2, 0.25) is 0 Å². The van der Waals surface area contributed by atoms with E-state index in [4.69, 9.17) is 5.73 Å². The molecule has 1 aliphatic heterocycles. The van der Waals surface area contributed by atoms with Crippen molar-refractivity contribution in [2.75, 3.05) is 11.4 Å². The number of aromatic nitrogens is 3. The second-order valence-electron chi connectivity index (χ2n) is 5.87. The van der Waals surface area contributed by atoms with Crippen LogP contribution in [0.5, 0.6) is 0 Å². The van der Waals surface area contributed by atoms with Gasteiger partial charge in [0.25, 0.3) is 0 Å². The van der Waals surface area contributed by atoms with Crippen LogP contribution in [0, 0.1) is 5.82 Å². The van der Waals surface area contributed by atoms with E-state index in [-0.39, 0.29) is 17.8 Å². The highest BCUT2D eigenvalue weighted by Gasteiger charge is 2.31. The number of benzene rings is 1. The lowest BCUT2D eigenvalue weighted by Gasteiger charge is -2.24. The number of H-pyrrole nitrogens is 1. The van der Waals surface area contributed by atoms with Crippen molar-refractivity contribution in [2.45, 2.75) is 18.9 Å². The Hall–Kier alpha value is -2.96. The second-order valence-corrected chi connectivity index (χ2v) is 5.87. The molecule has 0 saturated carbocycles. The number of primary amides is 1. The Morgan fingerprint density at radius 2 is 2.21 bits per heavy atom. The minimum atomic E-state index is -0.377. The molecular formula is C17H16FN5O. The maximum Gasteiger partial charge on any atom is 0.240 e. The number of rotatable bonds is 3. The third-order valence-electron chi connectivity index (χ3n) is 4.33. The monoisotopic (exact) mass is 325 g/mol. The van der Waals surface area contributed by atoms with E-state index in [1.54, 1.807) is 18.3 Å². The topological polar surface area (TPSA) is 87.9 Å². The van der Waals surface area contributed by atoms with Gasteiger partial charge in [0, 0.05) is 18.3 Å². The Balaban J connectivity index is 1.88. The van der Waals surface area contributed by atoms with Crippen LogP contribution >= 0.6 is 0 Å². The summed E-state index contributed by atoms with van der Waals surface area (Å²) in [5.41, 5.74) is 6.77. The molecule has 24 heavy (non-hydrogen) atoms. The number of carbonyl (C=O) groups is 1. The maximum atomic E-state index is 13.5. The molecule has 1 atom stereocenters. The highest BCUT2D eigenvalue weighted by molar-refractivity contribution is 5.93. The number of fused-ring (bicyclic) bond motifs is 1. The molecule has 1 aliphatic rings. The van der Waals surface area contributed by atoms with Crippen LogP contribution < -0.4 is 10.6 Å². The standard InChI is InChI=1S/C17H16FN5O/c18-11-4-1-3-10(9-11)15-21-16-12(6-7-20-16)17(22-15)23-8-2-5-13(23)14(19)24/h1,3-4,6-7,9,13H,2,5,8H2,(H2,19,24)(H,20,21,22)/t13-/m1/s1. The summed E-state index contributed by atoms with van der Waals surface area (Å²) < 4.78 is 13.5. The third-order valence-corrected chi connectivity index (χ3v) is 4.33. The van der Waals surface area contributed by atoms with E-state index in [0.717, 1.165) is 11.8 Å². The molecule has 1 aromatic carbocycles. The largest absolute Gasteiger partial charge is 0.368 e. The number of anilines is 1. The van der Waals surface area contributed by atoms with Gasteiger partial charge in [0.05, 0.1) is 5.39 Å². The third kappa shape index (κ3) is 2.38. The summed E-state index contributed by atoms with van der Waals surface area (Å²) in [5, 5.41) is 0.823. The first-order valence-electron chi connectivity index (χ1n) is 7.80. The predicted octanol–water partition coefficient (Wildman–Crippen LogP) is 2.22. The Labute approximate surface area is 137 Å². The van der Waals surface area contributed by atoms with Gasteiger partial charge in [-0.25, -0.2) is 14.4 Å². The highest BCUT2D eigenvalue weighted by Crippen LogP contribution is 2.31. The van der Waals surface area contributed by atoms with E-state index < -0.39 is 0 Å².